The molecule has 3 aromatic heterocycles. The molecule has 0 atom stereocenters. The predicted molar refractivity (Wildman–Crippen MR) is 91.9 cm³/mol. The van der Waals surface area contributed by atoms with E-state index in [2.05, 4.69) is 44.4 Å². The van der Waals surface area contributed by atoms with E-state index in [1.54, 1.807) is 17.5 Å². The summed E-state index contributed by atoms with van der Waals surface area (Å²) in [5.74, 6) is 5.25. The van der Waals surface area contributed by atoms with Gasteiger partial charge in [-0.05, 0) is 31.9 Å². The maximum absolute atomic E-state index is 5.56. The molecule has 2 N–H and O–H groups in total. The van der Waals surface area contributed by atoms with Gasteiger partial charge in [-0.1, -0.05) is 5.92 Å². The van der Waals surface area contributed by atoms with Gasteiger partial charge in [-0.2, -0.15) is 5.10 Å². The predicted octanol–water partition coefficient (Wildman–Crippen LogP) is 3.84. The summed E-state index contributed by atoms with van der Waals surface area (Å²) in [6.45, 7) is 2.06. The summed E-state index contributed by atoms with van der Waals surface area (Å²) in [7, 11) is 0. The lowest BCUT2D eigenvalue weighted by Gasteiger charge is -2.06. The average molecular weight is 321 g/mol. The summed E-state index contributed by atoms with van der Waals surface area (Å²) < 4.78 is 0. The minimum Gasteiger partial charge on any atom is -0.322 e. The van der Waals surface area contributed by atoms with Crippen molar-refractivity contribution in [2.45, 2.75) is 25.7 Å². The number of aryl methyl sites for hydroxylation is 1. The van der Waals surface area contributed by atoms with E-state index in [0.717, 1.165) is 16.4 Å². The lowest BCUT2D eigenvalue weighted by molar-refractivity contribution is 0.966. The van der Waals surface area contributed by atoms with Crippen LogP contribution in [0.15, 0.2) is 24.4 Å². The van der Waals surface area contributed by atoms with Gasteiger partial charge in [0, 0.05) is 28.8 Å². The number of nitrogens with one attached hydrogen (secondary N) is 2. The number of hydrogen-bond acceptors (Lipinski definition) is 5. The molecule has 23 heavy (non-hydrogen) atoms. The third-order valence-corrected chi connectivity index (χ3v) is 4.76. The number of anilines is 2. The topological polar surface area (TPSA) is 66.5 Å². The van der Waals surface area contributed by atoms with Crippen molar-refractivity contribution in [3.05, 3.63) is 40.5 Å². The third kappa shape index (κ3) is 2.83. The zero-order chi connectivity index (χ0) is 15.8. The minimum atomic E-state index is 0.609. The molecule has 0 unspecified atom stereocenters. The van der Waals surface area contributed by atoms with Crippen LogP contribution in [0.5, 0.6) is 0 Å². The van der Waals surface area contributed by atoms with E-state index in [1.165, 1.54) is 17.7 Å². The fraction of sp³-hybridized carbons (Fsp3) is 0.235. The highest BCUT2D eigenvalue weighted by atomic mass is 32.1. The van der Waals surface area contributed by atoms with Crippen molar-refractivity contribution in [1.82, 2.24) is 20.2 Å². The zero-order valence-electron chi connectivity index (χ0n) is 12.6. The first-order valence-corrected chi connectivity index (χ1v) is 8.27. The Hall–Kier alpha value is -2.65. The molecule has 0 bridgehead atoms. The molecule has 0 aromatic carbocycles. The molecule has 0 radical (unpaired) electrons. The van der Waals surface area contributed by atoms with E-state index in [1.807, 2.05) is 12.1 Å². The molecule has 5 nitrogen and oxygen atoms in total. The van der Waals surface area contributed by atoms with Gasteiger partial charge in [-0.25, -0.2) is 9.97 Å². The van der Waals surface area contributed by atoms with Crippen LogP contribution in [0.2, 0.25) is 0 Å². The molecule has 3 heterocycles. The fourth-order valence-electron chi connectivity index (χ4n) is 2.38. The van der Waals surface area contributed by atoms with Gasteiger partial charge in [-0.3, -0.25) is 5.10 Å². The van der Waals surface area contributed by atoms with E-state index in [-0.39, 0.29) is 0 Å². The quantitative estimate of drug-likeness (QED) is 0.717. The second kappa shape index (κ2) is 5.52. The molecule has 1 saturated carbocycles. The number of nitrogens with zero attached hydrogens (tertiary/aromatic N) is 3. The van der Waals surface area contributed by atoms with Crippen molar-refractivity contribution in [3.63, 3.8) is 0 Å². The number of H-pyrrole nitrogens is 1. The number of terminal acetylenes is 1. The van der Waals surface area contributed by atoms with Crippen LogP contribution in [0.25, 0.3) is 10.7 Å². The lowest BCUT2D eigenvalue weighted by Crippen LogP contribution is -2.00. The van der Waals surface area contributed by atoms with Crippen LogP contribution < -0.4 is 5.32 Å². The Bertz CT molecular complexity index is 898. The normalized spacial score (nSPS) is 13.7. The first-order valence-electron chi connectivity index (χ1n) is 7.46. The molecule has 0 saturated heterocycles. The second-order valence-electron chi connectivity index (χ2n) is 5.62. The molecular weight excluding hydrogens is 306 g/mol. The Labute approximate surface area is 138 Å². The van der Waals surface area contributed by atoms with Crippen LogP contribution in [0, 0.1) is 19.3 Å². The number of aromatic nitrogens is 4. The highest BCUT2D eigenvalue weighted by molar-refractivity contribution is 7.15. The fourth-order valence-corrected chi connectivity index (χ4v) is 3.19. The van der Waals surface area contributed by atoms with Gasteiger partial charge < -0.3 is 5.32 Å². The average Bonchev–Trinajstić information content (AvgIpc) is 3.15. The van der Waals surface area contributed by atoms with Gasteiger partial charge in [0.05, 0.1) is 10.4 Å². The molecule has 0 aliphatic heterocycles. The van der Waals surface area contributed by atoms with E-state index in [0.29, 0.717) is 23.1 Å². The van der Waals surface area contributed by atoms with E-state index >= 15 is 0 Å². The monoisotopic (exact) mass is 321 g/mol. The second-order valence-corrected chi connectivity index (χ2v) is 6.91. The summed E-state index contributed by atoms with van der Waals surface area (Å²) in [6.07, 6.45) is 9.70. The Kier molecular flexibility index (Phi) is 3.36. The van der Waals surface area contributed by atoms with Gasteiger partial charge in [0.2, 0.25) is 0 Å². The Balaban J connectivity index is 1.66. The number of thiophene rings is 1. The Morgan fingerprint density at radius 1 is 1.39 bits per heavy atom. The maximum Gasteiger partial charge on any atom is 0.171 e. The zero-order valence-corrected chi connectivity index (χ0v) is 13.4. The molecule has 114 valence electrons. The highest BCUT2D eigenvalue weighted by Crippen LogP contribution is 2.39. The summed E-state index contributed by atoms with van der Waals surface area (Å²) in [4.78, 5) is 11.2. The molecule has 4 rings (SSSR count). The standard InChI is InChI=1S/C17H15N5S/c1-3-11-9-18-17(14-7-4-10(2)23-14)20-16(11)19-15-8-13(21-22-15)12-5-6-12/h1,4,7-9,12H,5-6H2,2H3,(H2,18,19,20,21,22). The lowest BCUT2D eigenvalue weighted by atomic mass is 10.3. The van der Waals surface area contributed by atoms with Crippen LogP contribution >= 0.6 is 11.3 Å². The van der Waals surface area contributed by atoms with Crippen molar-refractivity contribution in [2.24, 2.45) is 0 Å². The van der Waals surface area contributed by atoms with E-state index in [9.17, 15) is 0 Å². The summed E-state index contributed by atoms with van der Waals surface area (Å²) in [5, 5.41) is 10.6. The molecule has 1 fully saturated rings. The summed E-state index contributed by atoms with van der Waals surface area (Å²) >= 11 is 1.66. The Morgan fingerprint density at radius 3 is 2.96 bits per heavy atom. The maximum atomic E-state index is 5.56. The number of rotatable bonds is 4. The molecule has 0 amide bonds. The van der Waals surface area contributed by atoms with Crippen LogP contribution in [0.4, 0.5) is 11.6 Å². The largest absolute Gasteiger partial charge is 0.322 e. The van der Waals surface area contributed by atoms with Gasteiger partial charge in [0.15, 0.2) is 17.5 Å². The van der Waals surface area contributed by atoms with Gasteiger partial charge in [0.1, 0.15) is 0 Å². The molecule has 0 spiro atoms. The van der Waals surface area contributed by atoms with Crippen molar-refractivity contribution in [2.75, 3.05) is 5.32 Å². The van der Waals surface area contributed by atoms with Gasteiger partial charge >= 0.3 is 0 Å². The van der Waals surface area contributed by atoms with Crippen molar-refractivity contribution >= 4 is 23.0 Å². The first-order chi connectivity index (χ1) is 11.2. The summed E-state index contributed by atoms with van der Waals surface area (Å²) in [6, 6.07) is 6.10. The number of hydrogen-bond donors (Lipinski definition) is 2. The molecule has 1 aliphatic carbocycles. The molecule has 6 heteroatoms. The SMILES string of the molecule is C#Cc1cnc(-c2ccc(C)s2)nc1Nc1cc(C2CC2)[nH]n1. The smallest absolute Gasteiger partial charge is 0.171 e. The van der Waals surface area contributed by atoms with Crippen molar-refractivity contribution < 1.29 is 0 Å². The van der Waals surface area contributed by atoms with E-state index < -0.39 is 0 Å². The molecule has 1 aliphatic rings. The van der Waals surface area contributed by atoms with Gasteiger partial charge in [0.25, 0.3) is 0 Å². The molecule has 3 aromatic rings. The molecular formula is C17H15N5S. The van der Waals surface area contributed by atoms with Crippen LogP contribution in [-0.4, -0.2) is 20.2 Å². The van der Waals surface area contributed by atoms with Gasteiger partial charge in [-0.15, -0.1) is 17.8 Å². The van der Waals surface area contributed by atoms with Crippen molar-refractivity contribution in [3.8, 4) is 23.0 Å². The van der Waals surface area contributed by atoms with E-state index in [4.69, 9.17) is 6.42 Å². The number of aromatic amines is 1. The Morgan fingerprint density at radius 2 is 2.26 bits per heavy atom. The van der Waals surface area contributed by atoms with Crippen molar-refractivity contribution in [1.29, 1.82) is 0 Å². The first kappa shape index (κ1) is 14.0. The van der Waals surface area contributed by atoms with Crippen LogP contribution in [-0.2, 0) is 0 Å². The van der Waals surface area contributed by atoms with Crippen LogP contribution in [0.3, 0.4) is 0 Å². The summed E-state index contributed by atoms with van der Waals surface area (Å²) in [5.41, 5.74) is 1.79. The highest BCUT2D eigenvalue weighted by Gasteiger charge is 2.25. The third-order valence-electron chi connectivity index (χ3n) is 3.77. The minimum absolute atomic E-state index is 0.609. The van der Waals surface area contributed by atoms with Crippen LogP contribution in [0.1, 0.15) is 34.9 Å².